The Kier molecular flexibility index (Phi) is 5.52. The molecule has 0 radical (unpaired) electrons. The smallest absolute Gasteiger partial charge is 0.251 e. The Morgan fingerprint density at radius 3 is 2.32 bits per heavy atom. The van der Waals surface area contributed by atoms with Crippen LogP contribution in [-0.4, -0.2) is 70.8 Å². The summed E-state index contributed by atoms with van der Waals surface area (Å²) in [4.78, 5) is 32.2. The molecule has 2 aliphatic heterocycles. The number of rotatable bonds is 4. The van der Waals surface area contributed by atoms with Gasteiger partial charge in [-0.05, 0) is 52.5 Å². The third-order valence-corrected chi connectivity index (χ3v) is 6.07. The van der Waals surface area contributed by atoms with E-state index < -0.39 is 0 Å². The van der Waals surface area contributed by atoms with Crippen molar-refractivity contribution in [3.63, 3.8) is 0 Å². The number of nitrogens with zero attached hydrogens (tertiary/aromatic N) is 3. The van der Waals surface area contributed by atoms with Crippen LogP contribution in [0.4, 0.5) is 0 Å². The molecular weight excluding hydrogens is 314 g/mol. The standard InChI is InChI=1S/C20H33N3O2/c1-14(2)21-9-11-22(12-10-21)19(24)13-17-16-7-5-6-8-18(16)23(15(3)4)20(17)25/h14-15,18H,5-13H2,1-4H3. The first-order valence-corrected chi connectivity index (χ1v) is 9.96. The van der Waals surface area contributed by atoms with Crippen LogP contribution in [0.3, 0.4) is 0 Å². The Morgan fingerprint density at radius 2 is 1.72 bits per heavy atom. The molecule has 1 saturated carbocycles. The van der Waals surface area contributed by atoms with Gasteiger partial charge >= 0.3 is 0 Å². The van der Waals surface area contributed by atoms with Gasteiger partial charge in [-0.25, -0.2) is 0 Å². The number of carbonyl (C=O) groups is 2. The highest BCUT2D eigenvalue weighted by Crippen LogP contribution is 2.39. The van der Waals surface area contributed by atoms with E-state index in [0.29, 0.717) is 12.5 Å². The van der Waals surface area contributed by atoms with Crippen molar-refractivity contribution in [1.29, 1.82) is 0 Å². The molecule has 5 heteroatoms. The lowest BCUT2D eigenvalue weighted by molar-refractivity contribution is -0.135. The molecule has 140 valence electrons. The summed E-state index contributed by atoms with van der Waals surface area (Å²) in [5, 5.41) is 0. The van der Waals surface area contributed by atoms with Gasteiger partial charge in [-0.1, -0.05) is 6.42 Å². The van der Waals surface area contributed by atoms with E-state index in [-0.39, 0.29) is 23.9 Å². The van der Waals surface area contributed by atoms with Gasteiger partial charge in [0.25, 0.3) is 5.91 Å². The van der Waals surface area contributed by atoms with Crippen LogP contribution in [-0.2, 0) is 9.59 Å². The fraction of sp³-hybridized carbons (Fsp3) is 0.800. The zero-order valence-corrected chi connectivity index (χ0v) is 16.3. The van der Waals surface area contributed by atoms with Crippen LogP contribution in [0.15, 0.2) is 11.1 Å². The van der Waals surface area contributed by atoms with Gasteiger partial charge in [0.2, 0.25) is 5.91 Å². The molecular formula is C20H33N3O2. The van der Waals surface area contributed by atoms with Crippen molar-refractivity contribution in [2.24, 2.45) is 0 Å². The van der Waals surface area contributed by atoms with Gasteiger partial charge in [-0.3, -0.25) is 14.5 Å². The predicted molar refractivity (Wildman–Crippen MR) is 99.2 cm³/mol. The Hall–Kier alpha value is -1.36. The summed E-state index contributed by atoms with van der Waals surface area (Å²) in [5.74, 6) is 0.250. The number of fused-ring (bicyclic) bond motifs is 1. The van der Waals surface area contributed by atoms with E-state index in [2.05, 4.69) is 32.6 Å². The molecule has 1 saturated heterocycles. The Bertz CT molecular complexity index is 559. The number of amides is 2. The van der Waals surface area contributed by atoms with Gasteiger partial charge in [0.1, 0.15) is 0 Å². The molecule has 0 aromatic rings. The van der Waals surface area contributed by atoms with Gasteiger partial charge in [-0.15, -0.1) is 0 Å². The molecule has 0 bridgehead atoms. The minimum Gasteiger partial charge on any atom is -0.340 e. The summed E-state index contributed by atoms with van der Waals surface area (Å²) in [7, 11) is 0. The maximum absolute atomic E-state index is 13.0. The highest BCUT2D eigenvalue weighted by Gasteiger charge is 2.41. The number of piperazine rings is 1. The molecule has 5 nitrogen and oxygen atoms in total. The van der Waals surface area contributed by atoms with Crippen molar-refractivity contribution in [2.45, 2.75) is 77.9 Å². The largest absolute Gasteiger partial charge is 0.340 e. The molecule has 1 aliphatic carbocycles. The van der Waals surface area contributed by atoms with Crippen LogP contribution in [0.5, 0.6) is 0 Å². The van der Waals surface area contributed by atoms with Crippen LogP contribution in [0.25, 0.3) is 0 Å². The molecule has 0 aromatic carbocycles. The van der Waals surface area contributed by atoms with Gasteiger partial charge in [0, 0.05) is 43.8 Å². The quantitative estimate of drug-likeness (QED) is 0.784. The van der Waals surface area contributed by atoms with Crippen LogP contribution >= 0.6 is 0 Å². The average molecular weight is 348 g/mol. The molecule has 3 rings (SSSR count). The lowest BCUT2D eigenvalue weighted by Crippen LogP contribution is -2.50. The minimum absolute atomic E-state index is 0.117. The van der Waals surface area contributed by atoms with Crippen LogP contribution < -0.4 is 0 Å². The van der Waals surface area contributed by atoms with Crippen LogP contribution in [0, 0.1) is 0 Å². The zero-order chi connectivity index (χ0) is 18.1. The van der Waals surface area contributed by atoms with E-state index in [1.807, 2.05) is 9.80 Å². The van der Waals surface area contributed by atoms with Crippen molar-refractivity contribution < 1.29 is 9.59 Å². The fourth-order valence-corrected chi connectivity index (χ4v) is 4.62. The summed E-state index contributed by atoms with van der Waals surface area (Å²) in [5.41, 5.74) is 2.08. The second-order valence-electron chi connectivity index (χ2n) is 8.26. The molecule has 2 heterocycles. The van der Waals surface area contributed by atoms with E-state index in [9.17, 15) is 9.59 Å². The highest BCUT2D eigenvalue weighted by molar-refractivity contribution is 6.02. The van der Waals surface area contributed by atoms with Crippen molar-refractivity contribution in [2.75, 3.05) is 26.2 Å². The highest BCUT2D eigenvalue weighted by atomic mass is 16.2. The van der Waals surface area contributed by atoms with Crippen molar-refractivity contribution in [3.8, 4) is 0 Å². The monoisotopic (exact) mass is 347 g/mol. The van der Waals surface area contributed by atoms with Crippen LogP contribution in [0.1, 0.15) is 59.8 Å². The first-order valence-electron chi connectivity index (χ1n) is 9.96. The summed E-state index contributed by atoms with van der Waals surface area (Å²) < 4.78 is 0. The molecule has 0 N–H and O–H groups in total. The molecule has 2 amide bonds. The molecule has 0 aromatic heterocycles. The molecule has 1 unspecified atom stereocenters. The van der Waals surface area contributed by atoms with E-state index in [1.54, 1.807) is 0 Å². The van der Waals surface area contributed by atoms with Gasteiger partial charge in [-0.2, -0.15) is 0 Å². The Balaban J connectivity index is 1.69. The molecule has 3 aliphatic rings. The van der Waals surface area contributed by atoms with E-state index in [1.165, 1.54) is 12.0 Å². The Morgan fingerprint density at radius 1 is 1.04 bits per heavy atom. The maximum atomic E-state index is 13.0. The van der Waals surface area contributed by atoms with E-state index in [4.69, 9.17) is 0 Å². The lowest BCUT2D eigenvalue weighted by atomic mass is 9.88. The summed E-state index contributed by atoms with van der Waals surface area (Å²) >= 11 is 0. The van der Waals surface area contributed by atoms with Crippen molar-refractivity contribution in [3.05, 3.63) is 11.1 Å². The van der Waals surface area contributed by atoms with E-state index >= 15 is 0 Å². The molecule has 0 spiro atoms. The van der Waals surface area contributed by atoms with E-state index in [0.717, 1.165) is 51.0 Å². The lowest BCUT2D eigenvalue weighted by Gasteiger charge is -2.37. The first kappa shape index (κ1) is 18.4. The molecule has 25 heavy (non-hydrogen) atoms. The van der Waals surface area contributed by atoms with Crippen molar-refractivity contribution >= 4 is 11.8 Å². The average Bonchev–Trinajstić information content (AvgIpc) is 2.87. The summed E-state index contributed by atoms with van der Waals surface area (Å²) in [6, 6.07) is 0.982. The van der Waals surface area contributed by atoms with Gasteiger partial charge < -0.3 is 9.80 Å². The third-order valence-electron chi connectivity index (χ3n) is 6.07. The minimum atomic E-state index is 0.117. The Labute approximate surface area is 152 Å². The normalized spacial score (nSPS) is 25.4. The number of hydrogen-bond donors (Lipinski definition) is 0. The maximum Gasteiger partial charge on any atom is 0.251 e. The van der Waals surface area contributed by atoms with Gasteiger partial charge in [0.05, 0.1) is 12.5 Å². The molecule has 1 atom stereocenters. The van der Waals surface area contributed by atoms with Crippen molar-refractivity contribution in [1.82, 2.24) is 14.7 Å². The third kappa shape index (κ3) is 3.62. The topological polar surface area (TPSA) is 43.9 Å². The number of hydrogen-bond acceptors (Lipinski definition) is 3. The summed E-state index contributed by atoms with van der Waals surface area (Å²) in [6.07, 6.45) is 4.68. The SMILES string of the molecule is CC(C)N1CCN(C(=O)CC2=C3CCCCC3N(C(C)C)C2=O)CC1. The fourth-order valence-electron chi connectivity index (χ4n) is 4.62. The second-order valence-corrected chi connectivity index (χ2v) is 8.26. The summed E-state index contributed by atoms with van der Waals surface area (Å²) in [6.45, 7) is 12.0. The van der Waals surface area contributed by atoms with Gasteiger partial charge in [0.15, 0.2) is 0 Å². The molecule has 2 fully saturated rings. The second kappa shape index (κ2) is 7.48. The predicted octanol–water partition coefficient (Wildman–Crippen LogP) is 2.42. The number of carbonyl (C=O) groups excluding carboxylic acids is 2. The van der Waals surface area contributed by atoms with Crippen LogP contribution in [0.2, 0.25) is 0 Å². The first-order chi connectivity index (χ1) is 11.9. The zero-order valence-electron chi connectivity index (χ0n) is 16.3.